The van der Waals surface area contributed by atoms with Crippen LogP contribution in [0.5, 0.6) is 0 Å². The van der Waals surface area contributed by atoms with Crippen molar-refractivity contribution in [3.05, 3.63) is 60.6 Å². The molecule has 1 aromatic carbocycles. The van der Waals surface area contributed by atoms with Gasteiger partial charge in [-0.25, -0.2) is 4.57 Å². The molecule has 4 rings (SSSR count). The first-order valence-electron chi connectivity index (χ1n) is 6.96. The molecule has 0 radical (unpaired) electrons. The van der Waals surface area contributed by atoms with Crippen molar-refractivity contribution in [2.24, 2.45) is 7.05 Å². The van der Waals surface area contributed by atoms with Crippen molar-refractivity contribution in [1.29, 1.82) is 0 Å². The van der Waals surface area contributed by atoms with E-state index in [4.69, 9.17) is 4.42 Å². The van der Waals surface area contributed by atoms with Crippen molar-refractivity contribution in [1.82, 2.24) is 4.98 Å². The first kappa shape index (κ1) is 12.1. The van der Waals surface area contributed by atoms with Crippen LogP contribution in [0.2, 0.25) is 0 Å². The third-order valence-corrected chi connectivity index (χ3v) is 3.96. The largest absolute Gasteiger partial charge is 0.454 e. The molecule has 0 aliphatic rings. The topological polar surface area (TPSA) is 29.9 Å². The van der Waals surface area contributed by atoms with Crippen molar-refractivity contribution in [2.75, 3.05) is 0 Å². The maximum Gasteiger partial charge on any atom is 0.216 e. The first-order chi connectivity index (χ1) is 10.3. The van der Waals surface area contributed by atoms with Gasteiger partial charge < -0.3 is 4.42 Å². The van der Waals surface area contributed by atoms with Gasteiger partial charge in [-0.1, -0.05) is 12.1 Å². The first-order valence-corrected chi connectivity index (χ1v) is 6.96. The summed E-state index contributed by atoms with van der Waals surface area (Å²) in [7, 11) is 2.05. The van der Waals surface area contributed by atoms with E-state index < -0.39 is 0 Å². The molecule has 0 amide bonds. The summed E-state index contributed by atoms with van der Waals surface area (Å²) < 4.78 is 8.22. The number of aromatic nitrogens is 2. The van der Waals surface area contributed by atoms with Gasteiger partial charge in [0.25, 0.3) is 0 Å². The van der Waals surface area contributed by atoms with Gasteiger partial charge in [0, 0.05) is 29.1 Å². The highest BCUT2D eigenvalue weighted by Crippen LogP contribution is 2.36. The third kappa shape index (κ3) is 1.74. The number of benzene rings is 1. The number of rotatable bonds is 1. The maximum absolute atomic E-state index is 6.10. The van der Waals surface area contributed by atoms with Crippen LogP contribution in [0, 0.1) is 6.92 Å². The average Bonchev–Trinajstić information content (AvgIpc) is 2.87. The van der Waals surface area contributed by atoms with Crippen LogP contribution in [0.15, 0.2) is 59.4 Å². The molecule has 3 heteroatoms. The fraction of sp³-hybridized carbons (Fsp3) is 0.111. The molecule has 0 saturated carbocycles. The van der Waals surface area contributed by atoms with Crippen molar-refractivity contribution in [2.45, 2.75) is 6.92 Å². The molecule has 0 spiro atoms. The lowest BCUT2D eigenvalue weighted by atomic mass is 10.0. The van der Waals surface area contributed by atoms with E-state index in [1.807, 2.05) is 12.1 Å². The van der Waals surface area contributed by atoms with E-state index in [0.717, 1.165) is 33.2 Å². The number of nitrogens with zero attached hydrogens (tertiary/aromatic N) is 2. The third-order valence-electron chi connectivity index (χ3n) is 3.96. The summed E-state index contributed by atoms with van der Waals surface area (Å²) in [5, 5.41) is 2.25. The Labute approximate surface area is 122 Å². The highest BCUT2D eigenvalue weighted by atomic mass is 16.3. The Morgan fingerprint density at radius 2 is 1.95 bits per heavy atom. The molecule has 102 valence electrons. The van der Waals surface area contributed by atoms with Crippen LogP contribution in [0.25, 0.3) is 33.2 Å². The van der Waals surface area contributed by atoms with Crippen molar-refractivity contribution < 1.29 is 8.98 Å². The van der Waals surface area contributed by atoms with Gasteiger partial charge in [0.2, 0.25) is 5.69 Å². The number of furan rings is 1. The second kappa shape index (κ2) is 4.42. The molecule has 4 aromatic rings. The standard InChI is InChI=1S/C18H15N2O/c1-12-6-7-14-13-8-9-19-11-16(13)21-18(14)17(12)15-5-3-4-10-20(15)2/h3-11H,1-2H3/q+1. The number of hydrogen-bond donors (Lipinski definition) is 0. The zero-order valence-electron chi connectivity index (χ0n) is 12.0. The second-order valence-electron chi connectivity index (χ2n) is 5.30. The Hall–Kier alpha value is -2.68. The van der Waals surface area contributed by atoms with Crippen LogP contribution in [0.1, 0.15) is 5.56 Å². The van der Waals surface area contributed by atoms with E-state index in [0.29, 0.717) is 0 Å². The molecule has 0 aliphatic heterocycles. The molecule has 0 fully saturated rings. The lowest BCUT2D eigenvalue weighted by Crippen LogP contribution is -2.30. The van der Waals surface area contributed by atoms with Gasteiger partial charge in [0.1, 0.15) is 12.6 Å². The summed E-state index contributed by atoms with van der Waals surface area (Å²) in [6.45, 7) is 2.12. The number of fused-ring (bicyclic) bond motifs is 3. The van der Waals surface area contributed by atoms with Crippen LogP contribution < -0.4 is 4.57 Å². The normalized spacial score (nSPS) is 11.3. The summed E-state index contributed by atoms with van der Waals surface area (Å²) in [6, 6.07) is 12.5. The van der Waals surface area contributed by atoms with E-state index in [-0.39, 0.29) is 0 Å². The molecular formula is C18H15N2O+. The minimum Gasteiger partial charge on any atom is -0.454 e. The van der Waals surface area contributed by atoms with Crippen LogP contribution in [0.3, 0.4) is 0 Å². The van der Waals surface area contributed by atoms with E-state index in [9.17, 15) is 0 Å². The summed E-state index contributed by atoms with van der Waals surface area (Å²) in [4.78, 5) is 4.15. The predicted molar refractivity (Wildman–Crippen MR) is 82.9 cm³/mol. The summed E-state index contributed by atoms with van der Waals surface area (Å²) >= 11 is 0. The number of hydrogen-bond acceptors (Lipinski definition) is 2. The molecule has 21 heavy (non-hydrogen) atoms. The molecule has 3 aromatic heterocycles. The molecular weight excluding hydrogens is 260 g/mol. The molecule has 0 aliphatic carbocycles. The SMILES string of the molecule is Cc1ccc2c(oc3cnccc32)c1-c1cccc[n+]1C. The van der Waals surface area contributed by atoms with Gasteiger partial charge >= 0.3 is 0 Å². The minimum atomic E-state index is 0.831. The van der Waals surface area contributed by atoms with Crippen molar-refractivity contribution in [3.8, 4) is 11.3 Å². The van der Waals surface area contributed by atoms with Gasteiger partial charge in [-0.15, -0.1) is 0 Å². The Kier molecular flexibility index (Phi) is 2.54. The van der Waals surface area contributed by atoms with Crippen LogP contribution in [-0.4, -0.2) is 4.98 Å². The van der Waals surface area contributed by atoms with Crippen molar-refractivity contribution >= 4 is 21.9 Å². The van der Waals surface area contributed by atoms with Crippen LogP contribution >= 0.6 is 0 Å². The van der Waals surface area contributed by atoms with Crippen molar-refractivity contribution in [3.63, 3.8) is 0 Å². The van der Waals surface area contributed by atoms with E-state index in [1.165, 1.54) is 5.56 Å². The van der Waals surface area contributed by atoms with Gasteiger partial charge in [-0.3, -0.25) is 4.98 Å². The molecule has 0 saturated heterocycles. The second-order valence-corrected chi connectivity index (χ2v) is 5.30. The fourth-order valence-corrected chi connectivity index (χ4v) is 2.89. The Balaban J connectivity index is 2.18. The van der Waals surface area contributed by atoms with Gasteiger partial charge in [0.15, 0.2) is 11.8 Å². The maximum atomic E-state index is 6.10. The summed E-state index contributed by atoms with van der Waals surface area (Å²) in [6.07, 6.45) is 5.64. The lowest BCUT2D eigenvalue weighted by molar-refractivity contribution is -0.660. The Morgan fingerprint density at radius 3 is 2.81 bits per heavy atom. The molecule has 0 N–H and O–H groups in total. The molecule has 0 atom stereocenters. The Morgan fingerprint density at radius 1 is 1.05 bits per heavy atom. The van der Waals surface area contributed by atoms with Gasteiger partial charge in [-0.2, -0.15) is 0 Å². The summed E-state index contributed by atoms with van der Waals surface area (Å²) in [5.74, 6) is 0. The summed E-state index contributed by atoms with van der Waals surface area (Å²) in [5.41, 5.74) is 5.26. The van der Waals surface area contributed by atoms with Gasteiger partial charge in [-0.05, 0) is 24.6 Å². The average molecular weight is 275 g/mol. The molecule has 0 bridgehead atoms. The number of aryl methyl sites for hydroxylation is 2. The molecule has 3 heterocycles. The molecule has 3 nitrogen and oxygen atoms in total. The fourth-order valence-electron chi connectivity index (χ4n) is 2.89. The highest BCUT2D eigenvalue weighted by molar-refractivity contribution is 6.09. The quantitative estimate of drug-likeness (QED) is 0.495. The van der Waals surface area contributed by atoms with E-state index in [2.05, 4.69) is 54.0 Å². The molecule has 0 unspecified atom stereocenters. The zero-order chi connectivity index (χ0) is 14.4. The number of pyridine rings is 2. The lowest BCUT2D eigenvalue weighted by Gasteiger charge is -2.04. The Bertz CT molecular complexity index is 969. The zero-order valence-corrected chi connectivity index (χ0v) is 12.0. The highest BCUT2D eigenvalue weighted by Gasteiger charge is 2.19. The van der Waals surface area contributed by atoms with E-state index >= 15 is 0 Å². The van der Waals surface area contributed by atoms with E-state index in [1.54, 1.807) is 12.4 Å². The van der Waals surface area contributed by atoms with Crippen LogP contribution in [0.4, 0.5) is 0 Å². The monoisotopic (exact) mass is 275 g/mol. The predicted octanol–water partition coefficient (Wildman–Crippen LogP) is 3.78. The minimum absolute atomic E-state index is 0.831. The smallest absolute Gasteiger partial charge is 0.216 e. The van der Waals surface area contributed by atoms with Crippen LogP contribution in [-0.2, 0) is 7.05 Å². The van der Waals surface area contributed by atoms with Gasteiger partial charge in [0.05, 0.1) is 11.8 Å².